The van der Waals surface area contributed by atoms with Gasteiger partial charge in [-0.3, -0.25) is 4.79 Å². The lowest BCUT2D eigenvalue weighted by Gasteiger charge is -2.42. The van der Waals surface area contributed by atoms with Crippen LogP contribution in [0.3, 0.4) is 0 Å². The number of carbonyl (C=O) groups is 2. The van der Waals surface area contributed by atoms with Crippen molar-refractivity contribution in [3.05, 3.63) is 46.1 Å². The largest absolute Gasteiger partial charge is 0.481 e. The maximum absolute atomic E-state index is 12.7. The lowest BCUT2D eigenvalue weighted by molar-refractivity contribution is -0.137. The van der Waals surface area contributed by atoms with Crippen molar-refractivity contribution in [1.82, 2.24) is 10.2 Å². The van der Waals surface area contributed by atoms with Gasteiger partial charge < -0.3 is 15.3 Å². The minimum Gasteiger partial charge on any atom is -0.481 e. The summed E-state index contributed by atoms with van der Waals surface area (Å²) in [6.45, 7) is 10.7. The summed E-state index contributed by atoms with van der Waals surface area (Å²) >= 11 is 6.72. The highest BCUT2D eigenvalue weighted by Crippen LogP contribution is 2.38. The Morgan fingerprint density at radius 3 is 2.39 bits per heavy atom. The van der Waals surface area contributed by atoms with Crippen LogP contribution >= 0.6 is 11.6 Å². The van der Waals surface area contributed by atoms with Gasteiger partial charge in [0, 0.05) is 17.8 Å². The van der Waals surface area contributed by atoms with Gasteiger partial charge in [0.15, 0.2) is 0 Å². The van der Waals surface area contributed by atoms with E-state index in [0.717, 1.165) is 28.1 Å². The van der Waals surface area contributed by atoms with Crippen LogP contribution in [0.5, 0.6) is 0 Å². The Balaban J connectivity index is 2.34. The summed E-state index contributed by atoms with van der Waals surface area (Å²) in [6, 6.07) is 5.86. The molecule has 0 saturated carbocycles. The molecule has 0 unspecified atom stereocenters. The number of rotatable bonds is 11. The van der Waals surface area contributed by atoms with Crippen molar-refractivity contribution in [2.45, 2.75) is 78.7 Å². The van der Waals surface area contributed by atoms with Crippen LogP contribution in [0.4, 0.5) is 4.79 Å². The van der Waals surface area contributed by atoms with Gasteiger partial charge in [-0.1, -0.05) is 77.1 Å². The van der Waals surface area contributed by atoms with Gasteiger partial charge in [-0.25, -0.2) is 4.79 Å². The molecule has 172 valence electrons. The van der Waals surface area contributed by atoms with Gasteiger partial charge in [-0.05, 0) is 47.9 Å². The zero-order valence-electron chi connectivity index (χ0n) is 19.5. The predicted molar refractivity (Wildman–Crippen MR) is 126 cm³/mol. The molecule has 1 aliphatic rings. The van der Waals surface area contributed by atoms with Crippen molar-refractivity contribution in [1.29, 1.82) is 0 Å². The summed E-state index contributed by atoms with van der Waals surface area (Å²) in [7, 11) is 0. The molecule has 1 aromatic carbocycles. The van der Waals surface area contributed by atoms with Gasteiger partial charge in [0.1, 0.15) is 0 Å². The SMILES string of the molecule is CCCC(CCC)Cc1ccc([C@]2(C)NC(=O)N(CCC(=O)O)C=C2C(C)C)cc1Cl. The topological polar surface area (TPSA) is 69.6 Å². The predicted octanol–water partition coefficient (Wildman–Crippen LogP) is 6.35. The Labute approximate surface area is 191 Å². The number of halogens is 1. The van der Waals surface area contributed by atoms with Crippen LogP contribution in [-0.2, 0) is 16.8 Å². The lowest BCUT2D eigenvalue weighted by Crippen LogP contribution is -2.55. The summed E-state index contributed by atoms with van der Waals surface area (Å²) in [4.78, 5) is 25.2. The third kappa shape index (κ3) is 6.25. The van der Waals surface area contributed by atoms with Crippen LogP contribution in [0.2, 0.25) is 5.02 Å². The maximum Gasteiger partial charge on any atom is 0.322 e. The second-order valence-electron chi connectivity index (χ2n) is 9.09. The molecule has 31 heavy (non-hydrogen) atoms. The zero-order valence-corrected chi connectivity index (χ0v) is 20.3. The number of nitrogens with one attached hydrogen (secondary N) is 1. The molecule has 0 fully saturated rings. The van der Waals surface area contributed by atoms with E-state index in [1.807, 2.05) is 19.2 Å². The summed E-state index contributed by atoms with van der Waals surface area (Å²) in [6.07, 6.45) is 7.44. The molecule has 0 saturated heterocycles. The standard InChI is InChI=1S/C25H37ClN2O3/c1-6-8-18(9-7-2)14-19-10-11-20(15-22(19)26)25(5)21(17(3)4)16-28(24(31)27-25)13-12-23(29)30/h10-11,15-18H,6-9,12-14H2,1-5H3,(H,27,31)(H,29,30)/t25-/m0/s1. The average molecular weight is 449 g/mol. The Morgan fingerprint density at radius 2 is 1.87 bits per heavy atom. The molecule has 1 atom stereocenters. The highest BCUT2D eigenvalue weighted by molar-refractivity contribution is 6.31. The van der Waals surface area contributed by atoms with Crippen molar-refractivity contribution in [2.24, 2.45) is 11.8 Å². The van der Waals surface area contributed by atoms with Crippen molar-refractivity contribution in [2.75, 3.05) is 6.54 Å². The normalized spacial score (nSPS) is 19.0. The Kier molecular flexibility index (Phi) is 8.99. The summed E-state index contributed by atoms with van der Waals surface area (Å²) in [5, 5.41) is 12.8. The monoisotopic (exact) mass is 448 g/mol. The second-order valence-corrected chi connectivity index (χ2v) is 9.49. The van der Waals surface area contributed by atoms with Crippen LogP contribution in [-0.4, -0.2) is 28.6 Å². The van der Waals surface area contributed by atoms with Gasteiger partial charge in [-0.15, -0.1) is 0 Å². The number of carbonyl (C=O) groups excluding carboxylic acids is 1. The molecular formula is C25H37ClN2O3. The van der Waals surface area contributed by atoms with Crippen molar-refractivity contribution >= 4 is 23.6 Å². The van der Waals surface area contributed by atoms with E-state index in [4.69, 9.17) is 16.7 Å². The number of amides is 2. The van der Waals surface area contributed by atoms with Gasteiger partial charge in [0.25, 0.3) is 0 Å². The molecule has 2 rings (SSSR count). The van der Waals surface area contributed by atoms with E-state index < -0.39 is 11.5 Å². The number of carboxylic acids is 1. The van der Waals surface area contributed by atoms with Crippen LogP contribution < -0.4 is 5.32 Å². The first-order valence-electron chi connectivity index (χ1n) is 11.4. The minimum atomic E-state index is -0.924. The zero-order chi connectivity index (χ0) is 23.2. The van der Waals surface area contributed by atoms with Gasteiger partial charge >= 0.3 is 12.0 Å². The Hall–Kier alpha value is -2.01. The van der Waals surface area contributed by atoms with E-state index in [2.05, 4.69) is 45.1 Å². The van der Waals surface area contributed by atoms with E-state index in [0.29, 0.717) is 5.92 Å². The molecule has 5 nitrogen and oxygen atoms in total. The highest BCUT2D eigenvalue weighted by atomic mass is 35.5. The van der Waals surface area contributed by atoms with Crippen molar-refractivity contribution in [3.63, 3.8) is 0 Å². The first kappa shape index (κ1) is 25.3. The van der Waals surface area contributed by atoms with Gasteiger partial charge in [-0.2, -0.15) is 0 Å². The Bertz CT molecular complexity index is 815. The second kappa shape index (κ2) is 11.0. The molecule has 1 heterocycles. The molecule has 0 spiro atoms. The van der Waals surface area contributed by atoms with E-state index in [9.17, 15) is 9.59 Å². The number of hydrogen-bond acceptors (Lipinski definition) is 2. The fraction of sp³-hybridized carbons (Fsp3) is 0.600. The van der Waals surface area contributed by atoms with Crippen molar-refractivity contribution in [3.8, 4) is 0 Å². The molecule has 0 bridgehead atoms. The summed E-state index contributed by atoms with van der Waals surface area (Å²) in [5.74, 6) is -0.125. The first-order chi connectivity index (χ1) is 14.6. The molecule has 1 aliphatic heterocycles. The van der Waals surface area contributed by atoms with Crippen molar-refractivity contribution < 1.29 is 14.7 Å². The van der Waals surface area contributed by atoms with Gasteiger partial charge in [0.2, 0.25) is 0 Å². The molecular weight excluding hydrogens is 412 g/mol. The van der Waals surface area contributed by atoms with E-state index in [1.165, 1.54) is 30.6 Å². The Morgan fingerprint density at radius 1 is 1.23 bits per heavy atom. The summed E-state index contributed by atoms with van der Waals surface area (Å²) < 4.78 is 0. The van der Waals surface area contributed by atoms with Crippen LogP contribution in [0, 0.1) is 11.8 Å². The third-order valence-corrected chi connectivity index (χ3v) is 6.56. The molecule has 6 heteroatoms. The fourth-order valence-corrected chi connectivity index (χ4v) is 4.82. The lowest BCUT2D eigenvalue weighted by atomic mass is 9.78. The molecule has 0 radical (unpaired) electrons. The van der Waals surface area contributed by atoms with E-state index in [1.54, 1.807) is 0 Å². The van der Waals surface area contributed by atoms with Gasteiger partial charge in [0.05, 0.1) is 12.0 Å². The third-order valence-electron chi connectivity index (χ3n) is 6.21. The van der Waals surface area contributed by atoms with Crippen LogP contribution in [0.25, 0.3) is 0 Å². The van der Waals surface area contributed by atoms with E-state index >= 15 is 0 Å². The number of aliphatic carboxylic acids is 1. The number of carboxylic acid groups (broad SMARTS) is 1. The average Bonchev–Trinajstić information content (AvgIpc) is 2.68. The van der Waals surface area contributed by atoms with Crippen LogP contribution in [0.1, 0.15) is 77.8 Å². The maximum atomic E-state index is 12.7. The smallest absolute Gasteiger partial charge is 0.322 e. The number of benzene rings is 1. The fourth-order valence-electron chi connectivity index (χ4n) is 4.56. The van der Waals surface area contributed by atoms with Crippen LogP contribution in [0.15, 0.2) is 30.0 Å². The molecule has 1 aromatic rings. The quantitative estimate of drug-likeness (QED) is 0.414. The van der Waals surface area contributed by atoms with E-state index in [-0.39, 0.29) is 24.9 Å². The molecule has 0 aromatic heterocycles. The number of hydrogen-bond donors (Lipinski definition) is 2. The number of urea groups is 1. The molecule has 0 aliphatic carbocycles. The highest BCUT2D eigenvalue weighted by Gasteiger charge is 2.39. The molecule has 2 N–H and O–H groups in total. The summed E-state index contributed by atoms with van der Waals surface area (Å²) in [5.41, 5.74) is 2.42. The minimum absolute atomic E-state index is 0.0940. The molecule has 2 amide bonds. The number of nitrogens with zero attached hydrogens (tertiary/aromatic N) is 1. The first-order valence-corrected chi connectivity index (χ1v) is 11.8.